The number of benzene rings is 2. The Morgan fingerprint density at radius 3 is 2.74 bits per heavy atom. The molecule has 0 bridgehead atoms. The van der Waals surface area contributed by atoms with E-state index in [-0.39, 0.29) is 11.5 Å². The Morgan fingerprint density at radius 1 is 1.22 bits per heavy atom. The van der Waals surface area contributed by atoms with Gasteiger partial charge in [-0.1, -0.05) is 30.2 Å². The van der Waals surface area contributed by atoms with Crippen molar-refractivity contribution in [3.63, 3.8) is 0 Å². The highest BCUT2D eigenvalue weighted by molar-refractivity contribution is 5.79. The summed E-state index contributed by atoms with van der Waals surface area (Å²) in [5.74, 6) is 2.79. The predicted molar refractivity (Wildman–Crippen MR) is 93.1 cm³/mol. The standard InChI is InChI=1S/C18H16N4O/c1-2-10-22(14-6-4-3-5-7-14)12-13-8-9-16-15(11-13)17(23)21-18(19)20-16/h1,3-9,11H,10,12H2,(H3,19,20,21,23). The van der Waals surface area contributed by atoms with Crippen molar-refractivity contribution in [3.05, 3.63) is 64.4 Å². The van der Waals surface area contributed by atoms with Crippen LogP contribution in [0.3, 0.4) is 0 Å². The molecule has 0 radical (unpaired) electrons. The van der Waals surface area contributed by atoms with E-state index in [1.54, 1.807) is 6.07 Å². The first-order valence-electron chi connectivity index (χ1n) is 7.19. The van der Waals surface area contributed by atoms with Crippen molar-refractivity contribution in [3.8, 4) is 12.3 Å². The Balaban J connectivity index is 1.96. The maximum atomic E-state index is 12.0. The number of rotatable bonds is 4. The van der Waals surface area contributed by atoms with Crippen LogP contribution < -0.4 is 16.2 Å². The molecule has 0 amide bonds. The monoisotopic (exact) mass is 304 g/mol. The van der Waals surface area contributed by atoms with Crippen LogP contribution in [0.2, 0.25) is 0 Å². The van der Waals surface area contributed by atoms with Crippen LogP contribution in [0.25, 0.3) is 10.9 Å². The number of anilines is 2. The van der Waals surface area contributed by atoms with Gasteiger partial charge in [-0.3, -0.25) is 9.78 Å². The Morgan fingerprint density at radius 2 is 2.00 bits per heavy atom. The number of nitrogen functional groups attached to an aromatic ring is 1. The topological polar surface area (TPSA) is 75.0 Å². The minimum absolute atomic E-state index is 0.119. The summed E-state index contributed by atoms with van der Waals surface area (Å²) in [6.45, 7) is 1.09. The van der Waals surface area contributed by atoms with Gasteiger partial charge >= 0.3 is 0 Å². The van der Waals surface area contributed by atoms with Gasteiger partial charge in [0, 0.05) is 12.2 Å². The summed E-state index contributed by atoms with van der Waals surface area (Å²) in [5.41, 5.74) is 7.92. The largest absolute Gasteiger partial charge is 0.369 e. The molecule has 0 saturated carbocycles. The zero-order valence-corrected chi connectivity index (χ0v) is 12.5. The molecule has 3 aromatic rings. The van der Waals surface area contributed by atoms with Crippen molar-refractivity contribution in [2.24, 2.45) is 0 Å². The molecule has 0 saturated heterocycles. The molecule has 0 aliphatic rings. The second-order valence-corrected chi connectivity index (χ2v) is 5.20. The Kier molecular flexibility index (Phi) is 3.98. The van der Waals surface area contributed by atoms with Crippen molar-refractivity contribution in [2.75, 3.05) is 17.2 Å². The van der Waals surface area contributed by atoms with Crippen molar-refractivity contribution < 1.29 is 0 Å². The Labute approximate surface area is 133 Å². The molecule has 0 fully saturated rings. The van der Waals surface area contributed by atoms with Gasteiger partial charge in [0.2, 0.25) is 5.95 Å². The van der Waals surface area contributed by atoms with Gasteiger partial charge in [0.25, 0.3) is 5.56 Å². The number of H-pyrrole nitrogens is 1. The third-order valence-corrected chi connectivity index (χ3v) is 3.57. The summed E-state index contributed by atoms with van der Waals surface area (Å²) >= 11 is 0. The molecular formula is C18H16N4O. The maximum absolute atomic E-state index is 12.0. The average Bonchev–Trinajstić information content (AvgIpc) is 2.56. The molecule has 3 N–H and O–H groups in total. The third-order valence-electron chi connectivity index (χ3n) is 3.57. The third kappa shape index (κ3) is 3.16. The van der Waals surface area contributed by atoms with Crippen LogP contribution in [0, 0.1) is 12.3 Å². The normalized spacial score (nSPS) is 10.4. The smallest absolute Gasteiger partial charge is 0.260 e. The number of para-hydroxylation sites is 1. The molecule has 5 heteroatoms. The van der Waals surface area contributed by atoms with Crippen LogP contribution in [0.5, 0.6) is 0 Å². The highest BCUT2D eigenvalue weighted by Gasteiger charge is 2.08. The lowest BCUT2D eigenvalue weighted by molar-refractivity contribution is 0.879. The molecule has 1 heterocycles. The summed E-state index contributed by atoms with van der Waals surface area (Å²) in [6.07, 6.45) is 5.48. The predicted octanol–water partition coefficient (Wildman–Crippen LogP) is 2.15. The molecule has 23 heavy (non-hydrogen) atoms. The van der Waals surface area contributed by atoms with Crippen LogP contribution >= 0.6 is 0 Å². The maximum Gasteiger partial charge on any atom is 0.260 e. The zero-order valence-electron chi connectivity index (χ0n) is 12.5. The highest BCUT2D eigenvalue weighted by atomic mass is 16.1. The lowest BCUT2D eigenvalue weighted by Crippen LogP contribution is -2.23. The summed E-state index contributed by atoms with van der Waals surface area (Å²) in [7, 11) is 0. The highest BCUT2D eigenvalue weighted by Crippen LogP contribution is 2.18. The van der Waals surface area contributed by atoms with Crippen molar-refractivity contribution in [1.29, 1.82) is 0 Å². The van der Waals surface area contributed by atoms with E-state index >= 15 is 0 Å². The van der Waals surface area contributed by atoms with Gasteiger partial charge in [0.15, 0.2) is 0 Å². The van der Waals surface area contributed by atoms with Gasteiger partial charge in [-0.25, -0.2) is 4.98 Å². The van der Waals surface area contributed by atoms with Gasteiger partial charge in [-0.05, 0) is 29.8 Å². The minimum atomic E-state index is -0.238. The number of hydrogen-bond donors (Lipinski definition) is 2. The quantitative estimate of drug-likeness (QED) is 0.724. The molecule has 2 aromatic carbocycles. The summed E-state index contributed by atoms with van der Waals surface area (Å²) in [4.78, 5) is 20.7. The number of nitrogens with one attached hydrogen (secondary N) is 1. The van der Waals surface area contributed by atoms with E-state index in [2.05, 4.69) is 20.8 Å². The molecular weight excluding hydrogens is 288 g/mol. The van der Waals surface area contributed by atoms with Crippen molar-refractivity contribution in [2.45, 2.75) is 6.54 Å². The second-order valence-electron chi connectivity index (χ2n) is 5.20. The van der Waals surface area contributed by atoms with E-state index in [0.29, 0.717) is 24.0 Å². The number of terminal acetylenes is 1. The van der Waals surface area contributed by atoms with Gasteiger partial charge in [0.05, 0.1) is 17.4 Å². The molecule has 3 rings (SSSR count). The Hall–Kier alpha value is -3.26. The van der Waals surface area contributed by atoms with Crippen LogP contribution in [0.1, 0.15) is 5.56 Å². The first-order chi connectivity index (χ1) is 11.2. The van der Waals surface area contributed by atoms with E-state index in [4.69, 9.17) is 12.2 Å². The lowest BCUT2D eigenvalue weighted by atomic mass is 10.1. The van der Waals surface area contributed by atoms with Gasteiger partial charge in [-0.15, -0.1) is 6.42 Å². The fourth-order valence-corrected chi connectivity index (χ4v) is 2.51. The van der Waals surface area contributed by atoms with E-state index in [1.807, 2.05) is 42.5 Å². The number of hydrogen-bond acceptors (Lipinski definition) is 4. The van der Waals surface area contributed by atoms with E-state index in [0.717, 1.165) is 11.3 Å². The summed E-state index contributed by atoms with van der Waals surface area (Å²) < 4.78 is 0. The van der Waals surface area contributed by atoms with Crippen LogP contribution in [0.4, 0.5) is 11.6 Å². The summed E-state index contributed by atoms with van der Waals surface area (Å²) in [6, 6.07) is 15.5. The molecule has 0 spiro atoms. The first kappa shape index (κ1) is 14.7. The number of fused-ring (bicyclic) bond motifs is 1. The SMILES string of the molecule is C#CCN(Cc1ccc2nc(N)[nH]c(=O)c2c1)c1ccccc1. The fraction of sp³-hybridized carbons (Fsp3) is 0.111. The van der Waals surface area contributed by atoms with Crippen molar-refractivity contribution in [1.82, 2.24) is 9.97 Å². The number of nitrogens with two attached hydrogens (primary N) is 1. The number of nitrogens with zero attached hydrogens (tertiary/aromatic N) is 2. The van der Waals surface area contributed by atoms with Crippen molar-refractivity contribution >= 4 is 22.5 Å². The molecule has 0 unspecified atom stereocenters. The Bertz CT molecular complexity index is 925. The van der Waals surface area contributed by atoms with Crippen LogP contribution in [-0.2, 0) is 6.54 Å². The first-order valence-corrected chi connectivity index (χ1v) is 7.19. The zero-order chi connectivity index (χ0) is 16.2. The lowest BCUT2D eigenvalue weighted by Gasteiger charge is -2.22. The number of aromatic amines is 1. The minimum Gasteiger partial charge on any atom is -0.369 e. The number of aromatic nitrogens is 2. The molecule has 0 atom stereocenters. The van der Waals surface area contributed by atoms with E-state index in [1.165, 1.54) is 0 Å². The van der Waals surface area contributed by atoms with Crippen LogP contribution in [0.15, 0.2) is 53.3 Å². The average molecular weight is 304 g/mol. The van der Waals surface area contributed by atoms with Gasteiger partial charge < -0.3 is 10.6 Å². The van der Waals surface area contributed by atoms with E-state index in [9.17, 15) is 4.79 Å². The fourth-order valence-electron chi connectivity index (χ4n) is 2.51. The van der Waals surface area contributed by atoms with E-state index < -0.39 is 0 Å². The van der Waals surface area contributed by atoms with Gasteiger partial charge in [0.1, 0.15) is 0 Å². The molecule has 5 nitrogen and oxygen atoms in total. The summed E-state index contributed by atoms with van der Waals surface area (Å²) in [5, 5.41) is 0.519. The van der Waals surface area contributed by atoms with Gasteiger partial charge in [-0.2, -0.15) is 0 Å². The van der Waals surface area contributed by atoms with Crippen LogP contribution in [-0.4, -0.2) is 16.5 Å². The second kappa shape index (κ2) is 6.24. The molecule has 0 aliphatic carbocycles. The molecule has 0 aliphatic heterocycles. The molecule has 114 valence electrons. The molecule has 1 aromatic heterocycles.